The molecule has 0 unspecified atom stereocenters. The van der Waals surface area contributed by atoms with Crippen LogP contribution in [0.3, 0.4) is 0 Å². The predicted molar refractivity (Wildman–Crippen MR) is 129 cm³/mol. The van der Waals surface area contributed by atoms with Crippen LogP contribution in [0.15, 0.2) is 71.9 Å². The number of aryl methyl sites for hydroxylation is 1. The zero-order valence-electron chi connectivity index (χ0n) is 18.1. The van der Waals surface area contributed by atoms with Crippen molar-refractivity contribution in [1.29, 1.82) is 0 Å². The van der Waals surface area contributed by atoms with E-state index in [0.29, 0.717) is 23.5 Å². The van der Waals surface area contributed by atoms with Crippen LogP contribution in [0.1, 0.15) is 11.1 Å². The van der Waals surface area contributed by atoms with Crippen LogP contribution >= 0.6 is 0 Å². The second-order valence-corrected chi connectivity index (χ2v) is 8.02. The molecule has 0 aliphatic heterocycles. The lowest BCUT2D eigenvalue weighted by Gasteiger charge is -2.19. The van der Waals surface area contributed by atoms with Crippen LogP contribution in [0.4, 0.5) is 5.69 Å². The summed E-state index contributed by atoms with van der Waals surface area (Å²) in [4.78, 5) is 31.1. The molecule has 5 aromatic rings. The van der Waals surface area contributed by atoms with Crippen molar-refractivity contribution in [2.75, 3.05) is 11.9 Å². The van der Waals surface area contributed by atoms with Gasteiger partial charge in [0.2, 0.25) is 0 Å². The minimum Gasteiger partial charge on any atom is -0.394 e. The number of benzene rings is 2. The molecule has 5 rings (SSSR count). The number of H-pyrrole nitrogens is 3. The van der Waals surface area contributed by atoms with Gasteiger partial charge in [-0.25, -0.2) is 9.97 Å². The predicted octanol–water partition coefficient (Wildman–Crippen LogP) is 3.63. The SMILES string of the molecule is Cc1cc(-c2ncc[nH]2)cc2[nH]c(-c3c(N[C@H](CO)Cc4ccccc4)cc[nH]c3=O)nc12. The number of anilines is 1. The summed E-state index contributed by atoms with van der Waals surface area (Å²) in [6.45, 7) is 1.91. The maximum Gasteiger partial charge on any atom is 0.261 e. The maximum atomic E-state index is 12.9. The van der Waals surface area contributed by atoms with Gasteiger partial charge in [-0.05, 0) is 42.7 Å². The third-order valence-corrected chi connectivity index (χ3v) is 5.65. The van der Waals surface area contributed by atoms with Gasteiger partial charge < -0.3 is 25.4 Å². The largest absolute Gasteiger partial charge is 0.394 e. The Morgan fingerprint density at radius 3 is 2.67 bits per heavy atom. The Morgan fingerprint density at radius 1 is 1.06 bits per heavy atom. The first-order valence-electron chi connectivity index (χ1n) is 10.8. The Labute approximate surface area is 189 Å². The highest BCUT2D eigenvalue weighted by molar-refractivity contribution is 5.88. The molecular weight excluding hydrogens is 416 g/mol. The van der Waals surface area contributed by atoms with Gasteiger partial charge in [0.05, 0.1) is 29.4 Å². The Bertz CT molecular complexity index is 1440. The minimum absolute atomic E-state index is 0.0765. The van der Waals surface area contributed by atoms with Crippen LogP contribution < -0.4 is 10.9 Å². The van der Waals surface area contributed by atoms with E-state index in [4.69, 9.17) is 4.98 Å². The number of aliphatic hydroxyl groups excluding tert-OH is 1. The molecular formula is C25H24N6O2. The van der Waals surface area contributed by atoms with Crippen LogP contribution in [0.2, 0.25) is 0 Å². The van der Waals surface area contributed by atoms with Crippen molar-refractivity contribution in [3.63, 3.8) is 0 Å². The topological polar surface area (TPSA) is 122 Å². The minimum atomic E-state index is -0.264. The number of hydrogen-bond donors (Lipinski definition) is 5. The third kappa shape index (κ3) is 4.16. The molecule has 0 saturated heterocycles. The molecule has 166 valence electrons. The van der Waals surface area contributed by atoms with Crippen LogP contribution in [0, 0.1) is 6.92 Å². The second kappa shape index (κ2) is 8.76. The molecule has 0 radical (unpaired) electrons. The molecule has 3 aromatic heterocycles. The molecule has 0 aliphatic carbocycles. The number of hydrogen-bond acceptors (Lipinski definition) is 5. The number of aromatic amines is 3. The van der Waals surface area contributed by atoms with Gasteiger partial charge in [-0.15, -0.1) is 0 Å². The van der Waals surface area contributed by atoms with Crippen molar-refractivity contribution >= 4 is 16.7 Å². The summed E-state index contributed by atoms with van der Waals surface area (Å²) < 4.78 is 0. The van der Waals surface area contributed by atoms with E-state index in [-0.39, 0.29) is 18.2 Å². The van der Waals surface area contributed by atoms with Crippen molar-refractivity contribution < 1.29 is 5.11 Å². The van der Waals surface area contributed by atoms with Crippen LogP contribution in [-0.4, -0.2) is 42.7 Å². The number of nitrogens with zero attached hydrogens (tertiary/aromatic N) is 2. The quantitative estimate of drug-likeness (QED) is 0.264. The van der Waals surface area contributed by atoms with E-state index in [9.17, 15) is 9.90 Å². The van der Waals surface area contributed by atoms with Gasteiger partial charge in [0, 0.05) is 24.2 Å². The summed E-state index contributed by atoms with van der Waals surface area (Å²) >= 11 is 0. The molecule has 8 nitrogen and oxygen atoms in total. The summed E-state index contributed by atoms with van der Waals surface area (Å²) in [6.07, 6.45) is 5.70. The molecule has 3 heterocycles. The molecule has 0 bridgehead atoms. The zero-order chi connectivity index (χ0) is 22.8. The van der Waals surface area contributed by atoms with Gasteiger partial charge in [-0.1, -0.05) is 30.3 Å². The molecule has 0 fully saturated rings. The first-order valence-corrected chi connectivity index (χ1v) is 10.8. The summed E-state index contributed by atoms with van der Waals surface area (Å²) in [6, 6.07) is 15.4. The molecule has 2 aromatic carbocycles. The molecule has 0 aliphatic rings. The highest BCUT2D eigenvalue weighted by Crippen LogP contribution is 2.29. The molecule has 8 heteroatoms. The van der Waals surface area contributed by atoms with E-state index in [2.05, 4.69) is 25.3 Å². The number of aliphatic hydroxyl groups is 1. The van der Waals surface area contributed by atoms with Gasteiger partial charge in [-0.2, -0.15) is 0 Å². The van der Waals surface area contributed by atoms with Crippen molar-refractivity contribution in [1.82, 2.24) is 24.9 Å². The van der Waals surface area contributed by atoms with Crippen LogP contribution in [0.5, 0.6) is 0 Å². The van der Waals surface area contributed by atoms with Crippen LogP contribution in [-0.2, 0) is 6.42 Å². The molecule has 0 saturated carbocycles. The van der Waals surface area contributed by atoms with E-state index < -0.39 is 0 Å². The highest BCUT2D eigenvalue weighted by atomic mass is 16.3. The molecule has 5 N–H and O–H groups in total. The lowest BCUT2D eigenvalue weighted by molar-refractivity contribution is 0.274. The number of nitrogens with one attached hydrogen (secondary N) is 4. The van der Waals surface area contributed by atoms with E-state index in [1.165, 1.54) is 0 Å². The fraction of sp³-hybridized carbons (Fsp3) is 0.160. The van der Waals surface area contributed by atoms with E-state index in [1.54, 1.807) is 24.7 Å². The number of aromatic nitrogens is 5. The Kier molecular flexibility index (Phi) is 5.50. The normalized spacial score (nSPS) is 12.2. The van der Waals surface area contributed by atoms with Gasteiger partial charge in [0.25, 0.3) is 5.56 Å². The Balaban J connectivity index is 1.53. The lowest BCUT2D eigenvalue weighted by atomic mass is 10.1. The van der Waals surface area contributed by atoms with E-state index in [1.807, 2.05) is 49.4 Å². The molecule has 0 amide bonds. The summed E-state index contributed by atoms with van der Waals surface area (Å²) in [7, 11) is 0. The molecule has 33 heavy (non-hydrogen) atoms. The Morgan fingerprint density at radius 2 is 1.91 bits per heavy atom. The second-order valence-electron chi connectivity index (χ2n) is 8.02. The van der Waals surface area contributed by atoms with Gasteiger partial charge in [0.15, 0.2) is 0 Å². The standard InChI is InChI=1S/C25H24N6O2/c1-15-11-17(23-26-9-10-27-23)13-20-22(15)31-24(30-20)21-19(7-8-28-25(21)33)29-18(14-32)12-16-5-3-2-4-6-16/h2-11,13,18,32H,12,14H2,1H3,(H,26,27)(H,30,31)(H2,28,29,33)/t18-/m0/s1. The molecule has 1 atom stereocenters. The average Bonchev–Trinajstić information content (AvgIpc) is 3.50. The zero-order valence-corrected chi connectivity index (χ0v) is 18.1. The lowest BCUT2D eigenvalue weighted by Crippen LogP contribution is -2.28. The smallest absolute Gasteiger partial charge is 0.261 e. The highest BCUT2D eigenvalue weighted by Gasteiger charge is 2.18. The fourth-order valence-electron chi connectivity index (χ4n) is 4.08. The summed E-state index contributed by atoms with van der Waals surface area (Å²) in [5.41, 5.74) is 5.35. The number of imidazole rings is 2. The number of pyridine rings is 1. The molecule has 0 spiro atoms. The average molecular weight is 441 g/mol. The van der Waals surface area contributed by atoms with Crippen molar-refractivity contribution in [2.45, 2.75) is 19.4 Å². The van der Waals surface area contributed by atoms with Crippen LogP contribution in [0.25, 0.3) is 33.8 Å². The summed E-state index contributed by atoms with van der Waals surface area (Å²) in [5.74, 6) is 1.23. The van der Waals surface area contributed by atoms with Crippen molar-refractivity contribution in [3.8, 4) is 22.8 Å². The van der Waals surface area contributed by atoms with Gasteiger partial charge >= 0.3 is 0 Å². The van der Waals surface area contributed by atoms with Crippen molar-refractivity contribution in [2.24, 2.45) is 0 Å². The van der Waals surface area contributed by atoms with E-state index in [0.717, 1.165) is 33.5 Å². The van der Waals surface area contributed by atoms with Gasteiger partial charge in [0.1, 0.15) is 17.2 Å². The summed E-state index contributed by atoms with van der Waals surface area (Å²) in [5, 5.41) is 13.3. The maximum absolute atomic E-state index is 12.9. The monoisotopic (exact) mass is 440 g/mol. The fourth-order valence-corrected chi connectivity index (χ4v) is 4.08. The first kappa shape index (κ1) is 20.7. The van der Waals surface area contributed by atoms with Gasteiger partial charge in [-0.3, -0.25) is 4.79 Å². The number of fused-ring (bicyclic) bond motifs is 1. The Hall–Kier alpha value is -4.17. The first-order chi connectivity index (χ1) is 16.1. The van der Waals surface area contributed by atoms with E-state index >= 15 is 0 Å². The third-order valence-electron chi connectivity index (χ3n) is 5.65. The number of rotatable bonds is 7. The van der Waals surface area contributed by atoms with Crippen molar-refractivity contribution in [3.05, 3.63) is 88.6 Å².